The number of carbonyl (C=O) groups excluding carboxylic acids is 2. The molecule has 0 saturated carbocycles. The molecule has 2 N–H and O–H groups in total. The predicted octanol–water partition coefficient (Wildman–Crippen LogP) is 1.44. The van der Waals surface area contributed by atoms with E-state index in [2.05, 4.69) is 15.5 Å². The van der Waals surface area contributed by atoms with Crippen molar-refractivity contribution in [3.8, 4) is 0 Å². The maximum atomic E-state index is 12.4. The van der Waals surface area contributed by atoms with Gasteiger partial charge in [-0.05, 0) is 45.0 Å². The lowest BCUT2D eigenvalue weighted by atomic mass is 10.1. The van der Waals surface area contributed by atoms with Crippen LogP contribution in [0.15, 0.2) is 24.3 Å². The lowest BCUT2D eigenvalue weighted by Gasteiger charge is -2.32. The number of anilines is 2. The molecule has 0 radical (unpaired) electrons. The number of likely N-dealkylation sites (tertiary alicyclic amines) is 1. The fourth-order valence-electron chi connectivity index (χ4n) is 3.55. The van der Waals surface area contributed by atoms with Crippen molar-refractivity contribution < 1.29 is 9.59 Å². The lowest BCUT2D eigenvalue weighted by Crippen LogP contribution is -2.47. The number of hydrogen-bond donors (Lipinski definition) is 2. The summed E-state index contributed by atoms with van der Waals surface area (Å²) in [6, 6.07) is 8.01. The van der Waals surface area contributed by atoms with Gasteiger partial charge in [0, 0.05) is 25.6 Å². The number of nitrogens with zero attached hydrogens (tertiary/aromatic N) is 2. The summed E-state index contributed by atoms with van der Waals surface area (Å²) in [7, 11) is 1.97. The smallest absolute Gasteiger partial charge is 0.238 e. The molecule has 0 spiro atoms. The molecule has 2 saturated heterocycles. The minimum absolute atomic E-state index is 0.0224. The molecule has 0 aromatic heterocycles. The third-order valence-corrected chi connectivity index (χ3v) is 4.82. The van der Waals surface area contributed by atoms with Crippen LogP contribution in [0.1, 0.15) is 25.7 Å². The van der Waals surface area contributed by atoms with Crippen LogP contribution < -0.4 is 15.5 Å². The number of hydrogen-bond acceptors (Lipinski definition) is 4. The first-order valence-corrected chi connectivity index (χ1v) is 8.76. The van der Waals surface area contributed by atoms with E-state index in [1.807, 2.05) is 31.3 Å². The van der Waals surface area contributed by atoms with Crippen molar-refractivity contribution in [2.45, 2.75) is 31.7 Å². The maximum absolute atomic E-state index is 12.4. The Morgan fingerprint density at radius 2 is 2.08 bits per heavy atom. The second-order valence-corrected chi connectivity index (χ2v) is 6.58. The minimum atomic E-state index is -0.0224. The van der Waals surface area contributed by atoms with Crippen LogP contribution in [0, 0.1) is 0 Å². The van der Waals surface area contributed by atoms with Gasteiger partial charge in [0.2, 0.25) is 11.8 Å². The average molecular weight is 330 g/mol. The molecule has 2 heterocycles. The lowest BCUT2D eigenvalue weighted by molar-refractivity contribution is -0.118. The van der Waals surface area contributed by atoms with Gasteiger partial charge in [-0.2, -0.15) is 0 Å². The Hall–Kier alpha value is -1.92. The first-order chi connectivity index (χ1) is 11.7. The molecule has 1 unspecified atom stereocenters. The number of carbonyl (C=O) groups is 2. The van der Waals surface area contributed by atoms with Crippen LogP contribution in [-0.2, 0) is 9.59 Å². The normalized spacial score (nSPS) is 22.0. The van der Waals surface area contributed by atoms with Gasteiger partial charge in [0.1, 0.15) is 0 Å². The summed E-state index contributed by atoms with van der Waals surface area (Å²) in [6.45, 7) is 2.97. The molecule has 6 nitrogen and oxygen atoms in total. The van der Waals surface area contributed by atoms with Crippen molar-refractivity contribution in [3.05, 3.63) is 24.3 Å². The van der Waals surface area contributed by atoms with Crippen molar-refractivity contribution in [1.82, 2.24) is 10.2 Å². The van der Waals surface area contributed by atoms with Crippen molar-refractivity contribution in [2.24, 2.45) is 0 Å². The first-order valence-electron chi connectivity index (χ1n) is 8.76. The molecule has 2 fully saturated rings. The van der Waals surface area contributed by atoms with Crippen LogP contribution >= 0.6 is 0 Å². The molecular weight excluding hydrogens is 304 g/mol. The highest BCUT2D eigenvalue weighted by molar-refractivity contribution is 6.02. The van der Waals surface area contributed by atoms with E-state index in [-0.39, 0.29) is 11.8 Å². The molecular formula is C18H26N4O2. The van der Waals surface area contributed by atoms with Crippen LogP contribution in [-0.4, -0.2) is 56.0 Å². The standard InChI is InChI=1S/C18H26N4O2/c1-19-14-6-4-10-21(12-14)13-17(23)20-15-7-2-3-8-16(15)22-11-5-9-18(22)24/h2-3,7-8,14,19H,4-6,9-13H2,1H3,(H,20,23). The molecule has 3 rings (SSSR count). The quantitative estimate of drug-likeness (QED) is 0.857. The highest BCUT2D eigenvalue weighted by atomic mass is 16.2. The second-order valence-electron chi connectivity index (χ2n) is 6.58. The molecule has 24 heavy (non-hydrogen) atoms. The fraction of sp³-hybridized carbons (Fsp3) is 0.556. The summed E-state index contributed by atoms with van der Waals surface area (Å²) in [5.74, 6) is 0.107. The Morgan fingerprint density at radius 3 is 2.83 bits per heavy atom. The zero-order chi connectivity index (χ0) is 16.9. The van der Waals surface area contributed by atoms with Gasteiger partial charge in [-0.1, -0.05) is 12.1 Å². The van der Waals surface area contributed by atoms with E-state index in [1.165, 1.54) is 0 Å². The molecule has 2 amide bonds. The number of amides is 2. The first kappa shape index (κ1) is 16.9. The van der Waals surface area contributed by atoms with Gasteiger partial charge < -0.3 is 15.5 Å². The number of piperidine rings is 1. The fourth-order valence-corrected chi connectivity index (χ4v) is 3.55. The number of likely N-dealkylation sites (N-methyl/N-ethyl adjacent to an activating group) is 1. The van der Waals surface area contributed by atoms with E-state index in [9.17, 15) is 9.59 Å². The van der Waals surface area contributed by atoms with Crippen LogP contribution in [0.25, 0.3) is 0 Å². The van der Waals surface area contributed by atoms with E-state index in [4.69, 9.17) is 0 Å². The largest absolute Gasteiger partial charge is 0.323 e. The Kier molecular flexibility index (Phi) is 5.48. The highest BCUT2D eigenvalue weighted by Gasteiger charge is 2.25. The Bertz CT molecular complexity index is 604. The van der Waals surface area contributed by atoms with Crippen molar-refractivity contribution in [2.75, 3.05) is 43.4 Å². The molecule has 2 aliphatic heterocycles. The topological polar surface area (TPSA) is 64.7 Å². The van der Waals surface area contributed by atoms with Gasteiger partial charge in [0.25, 0.3) is 0 Å². The third kappa shape index (κ3) is 3.94. The van der Waals surface area contributed by atoms with Crippen LogP contribution in [0.5, 0.6) is 0 Å². The van der Waals surface area contributed by atoms with E-state index < -0.39 is 0 Å². The Balaban J connectivity index is 1.63. The zero-order valence-electron chi connectivity index (χ0n) is 14.3. The maximum Gasteiger partial charge on any atom is 0.238 e. The van der Waals surface area contributed by atoms with Gasteiger partial charge in [-0.3, -0.25) is 14.5 Å². The van der Waals surface area contributed by atoms with Crippen molar-refractivity contribution in [1.29, 1.82) is 0 Å². The van der Waals surface area contributed by atoms with Gasteiger partial charge in [-0.15, -0.1) is 0 Å². The molecule has 0 bridgehead atoms. The van der Waals surface area contributed by atoms with Gasteiger partial charge in [-0.25, -0.2) is 0 Å². The van der Waals surface area contributed by atoms with Gasteiger partial charge in [0.15, 0.2) is 0 Å². The third-order valence-electron chi connectivity index (χ3n) is 4.82. The molecule has 130 valence electrons. The summed E-state index contributed by atoms with van der Waals surface area (Å²) >= 11 is 0. The summed E-state index contributed by atoms with van der Waals surface area (Å²) < 4.78 is 0. The predicted molar refractivity (Wildman–Crippen MR) is 95.2 cm³/mol. The number of benzene rings is 1. The van der Waals surface area contributed by atoms with Crippen molar-refractivity contribution >= 4 is 23.2 Å². The van der Waals surface area contributed by atoms with E-state index in [1.54, 1.807) is 4.90 Å². The van der Waals surface area contributed by atoms with Gasteiger partial charge >= 0.3 is 0 Å². The summed E-state index contributed by atoms with van der Waals surface area (Å²) in [5.41, 5.74) is 1.53. The van der Waals surface area contributed by atoms with Crippen LogP contribution in [0.3, 0.4) is 0 Å². The molecule has 1 aromatic rings. The number of para-hydroxylation sites is 2. The molecule has 0 aliphatic carbocycles. The minimum Gasteiger partial charge on any atom is -0.323 e. The zero-order valence-corrected chi connectivity index (χ0v) is 14.3. The average Bonchev–Trinajstić information content (AvgIpc) is 3.01. The molecule has 1 atom stereocenters. The van der Waals surface area contributed by atoms with Gasteiger partial charge in [0.05, 0.1) is 17.9 Å². The molecule has 6 heteroatoms. The van der Waals surface area contributed by atoms with E-state index in [0.717, 1.165) is 50.3 Å². The monoisotopic (exact) mass is 330 g/mol. The Morgan fingerprint density at radius 1 is 1.25 bits per heavy atom. The number of nitrogens with one attached hydrogen (secondary N) is 2. The number of rotatable bonds is 5. The van der Waals surface area contributed by atoms with Crippen molar-refractivity contribution in [3.63, 3.8) is 0 Å². The summed E-state index contributed by atoms with van der Waals surface area (Å²) in [5, 5.41) is 6.28. The Labute approximate surface area is 143 Å². The summed E-state index contributed by atoms with van der Waals surface area (Å²) in [4.78, 5) is 28.4. The van der Waals surface area contributed by atoms with Crippen LogP contribution in [0.2, 0.25) is 0 Å². The van der Waals surface area contributed by atoms with E-state index in [0.29, 0.717) is 19.0 Å². The highest BCUT2D eigenvalue weighted by Crippen LogP contribution is 2.29. The van der Waals surface area contributed by atoms with E-state index >= 15 is 0 Å². The van der Waals surface area contributed by atoms with Crippen LogP contribution in [0.4, 0.5) is 11.4 Å². The molecule has 2 aliphatic rings. The summed E-state index contributed by atoms with van der Waals surface area (Å²) in [6.07, 6.45) is 3.73. The second kappa shape index (κ2) is 7.77. The molecule has 1 aromatic carbocycles. The SMILES string of the molecule is CNC1CCCN(CC(=O)Nc2ccccc2N2CCCC2=O)C1.